The SMILES string of the molecule is Cc1ccc([C@H](CNC(=O)CCCl)S(=O)(=O)c2cccs2)cc1. The van der Waals surface area contributed by atoms with Gasteiger partial charge in [-0.15, -0.1) is 22.9 Å². The number of hydrogen-bond donors (Lipinski definition) is 1. The Morgan fingerprint density at radius 1 is 1.26 bits per heavy atom. The van der Waals surface area contributed by atoms with E-state index in [4.69, 9.17) is 11.6 Å². The van der Waals surface area contributed by atoms with E-state index in [-0.39, 0.29) is 24.8 Å². The Labute approximate surface area is 145 Å². The number of amides is 1. The van der Waals surface area contributed by atoms with Crippen LogP contribution in [-0.2, 0) is 14.6 Å². The average molecular weight is 372 g/mol. The molecule has 1 amide bonds. The normalized spacial score (nSPS) is 12.8. The summed E-state index contributed by atoms with van der Waals surface area (Å²) in [6.45, 7) is 1.97. The second-order valence-corrected chi connectivity index (χ2v) is 8.80. The second kappa shape index (κ2) is 7.95. The second-order valence-electron chi connectivity index (χ2n) is 5.12. The first kappa shape index (κ1) is 18.0. The highest BCUT2D eigenvalue weighted by molar-refractivity contribution is 7.93. The number of nitrogens with one attached hydrogen (secondary N) is 1. The molecule has 7 heteroatoms. The summed E-state index contributed by atoms with van der Waals surface area (Å²) in [7, 11) is -3.56. The van der Waals surface area contributed by atoms with Gasteiger partial charge < -0.3 is 5.32 Å². The maximum atomic E-state index is 12.9. The summed E-state index contributed by atoms with van der Waals surface area (Å²) in [4.78, 5) is 11.7. The maximum Gasteiger partial charge on any atom is 0.221 e. The van der Waals surface area contributed by atoms with E-state index in [0.29, 0.717) is 9.77 Å². The van der Waals surface area contributed by atoms with E-state index in [1.807, 2.05) is 19.1 Å². The van der Waals surface area contributed by atoms with Crippen molar-refractivity contribution in [2.75, 3.05) is 12.4 Å². The molecule has 124 valence electrons. The largest absolute Gasteiger partial charge is 0.354 e. The quantitative estimate of drug-likeness (QED) is 0.759. The summed E-state index contributed by atoms with van der Waals surface area (Å²) < 4.78 is 26.1. The van der Waals surface area contributed by atoms with Gasteiger partial charge in [0, 0.05) is 18.8 Å². The van der Waals surface area contributed by atoms with Crippen LogP contribution >= 0.6 is 22.9 Å². The molecule has 1 aromatic carbocycles. The summed E-state index contributed by atoms with van der Waals surface area (Å²) in [6.07, 6.45) is 0.168. The van der Waals surface area contributed by atoms with Crippen LogP contribution in [-0.4, -0.2) is 26.7 Å². The van der Waals surface area contributed by atoms with Crippen molar-refractivity contribution in [1.29, 1.82) is 0 Å². The standard InChI is InChI=1S/C16H18ClNO3S2/c1-12-4-6-13(7-5-12)14(11-18-15(19)8-9-17)23(20,21)16-3-2-10-22-16/h2-7,10,14H,8-9,11H2,1H3,(H,18,19)/t14-/m0/s1. The minimum absolute atomic E-state index is 0.0268. The number of hydrogen-bond acceptors (Lipinski definition) is 4. The maximum absolute atomic E-state index is 12.9. The zero-order valence-electron chi connectivity index (χ0n) is 12.7. The van der Waals surface area contributed by atoms with E-state index in [1.54, 1.807) is 29.6 Å². The average Bonchev–Trinajstić information content (AvgIpc) is 3.04. The molecule has 0 saturated carbocycles. The Kier molecular flexibility index (Phi) is 6.21. The fraction of sp³-hybridized carbons (Fsp3) is 0.312. The van der Waals surface area contributed by atoms with Crippen LogP contribution in [0.15, 0.2) is 46.0 Å². The molecule has 1 heterocycles. The highest BCUT2D eigenvalue weighted by Crippen LogP contribution is 2.31. The lowest BCUT2D eigenvalue weighted by molar-refractivity contribution is -0.120. The van der Waals surface area contributed by atoms with Crippen molar-refractivity contribution in [3.8, 4) is 0 Å². The van der Waals surface area contributed by atoms with Crippen molar-refractivity contribution in [3.05, 3.63) is 52.9 Å². The van der Waals surface area contributed by atoms with Crippen LogP contribution in [0.25, 0.3) is 0 Å². The van der Waals surface area contributed by atoms with Crippen molar-refractivity contribution < 1.29 is 13.2 Å². The third-order valence-electron chi connectivity index (χ3n) is 3.41. The fourth-order valence-corrected chi connectivity index (χ4v) is 5.17. The van der Waals surface area contributed by atoms with Crippen LogP contribution in [0.2, 0.25) is 0 Å². The Morgan fingerprint density at radius 3 is 2.52 bits per heavy atom. The molecule has 4 nitrogen and oxygen atoms in total. The lowest BCUT2D eigenvalue weighted by Gasteiger charge is -2.18. The summed E-state index contributed by atoms with van der Waals surface area (Å²) in [5.41, 5.74) is 1.71. The van der Waals surface area contributed by atoms with Gasteiger partial charge in [0.2, 0.25) is 5.91 Å². The van der Waals surface area contributed by atoms with E-state index in [2.05, 4.69) is 5.32 Å². The number of sulfone groups is 1. The van der Waals surface area contributed by atoms with E-state index >= 15 is 0 Å². The van der Waals surface area contributed by atoms with E-state index in [0.717, 1.165) is 5.56 Å². The van der Waals surface area contributed by atoms with Gasteiger partial charge in [-0.25, -0.2) is 8.42 Å². The third kappa shape index (κ3) is 4.56. The molecule has 2 aromatic rings. The molecule has 0 aliphatic heterocycles. The van der Waals surface area contributed by atoms with E-state index < -0.39 is 15.1 Å². The number of carbonyl (C=O) groups is 1. The molecular formula is C16H18ClNO3S2. The lowest BCUT2D eigenvalue weighted by Crippen LogP contribution is -2.31. The Hall–Kier alpha value is -1.37. The molecule has 23 heavy (non-hydrogen) atoms. The molecule has 1 N–H and O–H groups in total. The van der Waals surface area contributed by atoms with Gasteiger partial charge in [-0.3, -0.25) is 4.79 Å². The number of halogens is 1. The van der Waals surface area contributed by atoms with Gasteiger partial charge in [0.15, 0.2) is 9.84 Å². The van der Waals surface area contributed by atoms with Gasteiger partial charge in [-0.1, -0.05) is 35.9 Å². The monoisotopic (exact) mass is 371 g/mol. The molecule has 2 rings (SSSR count). The number of carbonyl (C=O) groups excluding carboxylic acids is 1. The highest BCUT2D eigenvalue weighted by Gasteiger charge is 2.30. The third-order valence-corrected chi connectivity index (χ3v) is 7.13. The first-order valence-corrected chi connectivity index (χ1v) is 10.1. The first-order valence-electron chi connectivity index (χ1n) is 7.12. The van der Waals surface area contributed by atoms with Crippen molar-refractivity contribution >= 4 is 38.7 Å². The molecular weight excluding hydrogens is 354 g/mol. The van der Waals surface area contributed by atoms with Crippen LogP contribution in [0.3, 0.4) is 0 Å². The van der Waals surface area contributed by atoms with Crippen LogP contribution in [0.4, 0.5) is 0 Å². The van der Waals surface area contributed by atoms with Gasteiger partial charge in [-0.05, 0) is 23.9 Å². The van der Waals surface area contributed by atoms with Gasteiger partial charge in [-0.2, -0.15) is 0 Å². The van der Waals surface area contributed by atoms with Crippen molar-refractivity contribution in [3.63, 3.8) is 0 Å². The van der Waals surface area contributed by atoms with Crippen molar-refractivity contribution in [2.45, 2.75) is 22.8 Å². The van der Waals surface area contributed by atoms with Crippen molar-refractivity contribution in [2.24, 2.45) is 0 Å². The van der Waals surface area contributed by atoms with Crippen molar-refractivity contribution in [1.82, 2.24) is 5.32 Å². The molecule has 1 atom stereocenters. The zero-order chi connectivity index (χ0) is 16.9. The van der Waals surface area contributed by atoms with Crippen LogP contribution in [0.1, 0.15) is 22.8 Å². The smallest absolute Gasteiger partial charge is 0.221 e. The number of rotatable bonds is 7. The molecule has 1 aromatic heterocycles. The molecule has 0 saturated heterocycles. The summed E-state index contributed by atoms with van der Waals surface area (Å²) in [5, 5.41) is 3.58. The predicted molar refractivity (Wildman–Crippen MR) is 93.8 cm³/mol. The summed E-state index contributed by atoms with van der Waals surface area (Å²) in [6, 6.07) is 10.6. The molecule has 0 spiro atoms. The van der Waals surface area contributed by atoms with Crippen LogP contribution < -0.4 is 5.32 Å². The highest BCUT2D eigenvalue weighted by atomic mass is 35.5. The van der Waals surface area contributed by atoms with E-state index in [1.165, 1.54) is 11.3 Å². The van der Waals surface area contributed by atoms with Crippen LogP contribution in [0.5, 0.6) is 0 Å². The Bertz CT molecular complexity index is 740. The number of alkyl halides is 1. The molecule has 0 aliphatic carbocycles. The first-order chi connectivity index (χ1) is 10.9. The minimum atomic E-state index is -3.56. The van der Waals surface area contributed by atoms with E-state index in [9.17, 15) is 13.2 Å². The lowest BCUT2D eigenvalue weighted by atomic mass is 10.1. The Balaban J connectivity index is 2.31. The summed E-state index contributed by atoms with van der Waals surface area (Å²) in [5.74, 6) is -0.0443. The number of aryl methyl sites for hydroxylation is 1. The Morgan fingerprint density at radius 2 is 1.96 bits per heavy atom. The molecule has 0 unspecified atom stereocenters. The van der Waals surface area contributed by atoms with Gasteiger partial charge >= 0.3 is 0 Å². The minimum Gasteiger partial charge on any atom is -0.354 e. The van der Waals surface area contributed by atoms with Crippen LogP contribution in [0, 0.1) is 6.92 Å². The fourth-order valence-electron chi connectivity index (χ4n) is 2.13. The molecule has 0 radical (unpaired) electrons. The molecule has 0 aliphatic rings. The van der Waals surface area contributed by atoms with Gasteiger partial charge in [0.05, 0.1) is 0 Å². The predicted octanol–water partition coefficient (Wildman–Crippen LogP) is 3.32. The topological polar surface area (TPSA) is 63.2 Å². The number of thiophene rings is 1. The van der Waals surface area contributed by atoms with Gasteiger partial charge in [0.1, 0.15) is 9.46 Å². The molecule has 0 bridgehead atoms. The summed E-state index contributed by atoms with van der Waals surface area (Å²) >= 11 is 6.72. The van der Waals surface area contributed by atoms with Gasteiger partial charge in [0.25, 0.3) is 0 Å². The zero-order valence-corrected chi connectivity index (χ0v) is 15.0. The number of benzene rings is 1. The molecule has 0 fully saturated rings.